The maximum Gasteiger partial charge on any atom is 0.509 e. The van der Waals surface area contributed by atoms with Crippen molar-refractivity contribution in [2.75, 3.05) is 12.7 Å². The van der Waals surface area contributed by atoms with E-state index in [1.54, 1.807) is 0 Å². The first-order valence-electron chi connectivity index (χ1n) is 3.31. The highest BCUT2D eigenvalue weighted by Gasteiger charge is 2.13. The standard InChI is InChI=1S/C7H13ClO3/c1-7(2,3)4-10-6(9)11-5-8/h4-5H2,1-3H3. The summed E-state index contributed by atoms with van der Waals surface area (Å²) in [4.78, 5) is 10.6. The Labute approximate surface area is 71.6 Å². The quantitative estimate of drug-likeness (QED) is 0.484. The molecule has 0 unspecified atom stereocenters. The fraction of sp³-hybridized carbons (Fsp3) is 0.857. The van der Waals surface area contributed by atoms with Crippen LogP contribution in [0.1, 0.15) is 20.8 Å². The number of hydrogen-bond donors (Lipinski definition) is 0. The second kappa shape index (κ2) is 4.44. The minimum Gasteiger partial charge on any atom is -0.434 e. The Morgan fingerprint density at radius 3 is 2.27 bits per heavy atom. The number of halogens is 1. The molecule has 0 saturated heterocycles. The molecule has 0 aromatic rings. The Balaban J connectivity index is 3.46. The second-order valence-corrected chi connectivity index (χ2v) is 3.57. The van der Waals surface area contributed by atoms with Gasteiger partial charge in [-0.1, -0.05) is 32.4 Å². The number of carbonyl (C=O) groups is 1. The van der Waals surface area contributed by atoms with Crippen LogP contribution >= 0.6 is 11.6 Å². The van der Waals surface area contributed by atoms with Gasteiger partial charge in [-0.05, 0) is 5.41 Å². The Bertz CT molecular complexity index is 128. The Hall–Kier alpha value is -0.440. The smallest absolute Gasteiger partial charge is 0.434 e. The van der Waals surface area contributed by atoms with E-state index in [1.807, 2.05) is 20.8 Å². The van der Waals surface area contributed by atoms with Crippen molar-refractivity contribution in [1.82, 2.24) is 0 Å². The summed E-state index contributed by atoms with van der Waals surface area (Å²) in [7, 11) is 0. The summed E-state index contributed by atoms with van der Waals surface area (Å²) >= 11 is 5.12. The molecule has 0 atom stereocenters. The van der Waals surface area contributed by atoms with Crippen molar-refractivity contribution in [3.63, 3.8) is 0 Å². The normalized spacial score (nSPS) is 10.9. The van der Waals surface area contributed by atoms with Crippen LogP contribution in [0.3, 0.4) is 0 Å². The van der Waals surface area contributed by atoms with E-state index in [4.69, 9.17) is 16.3 Å². The van der Waals surface area contributed by atoms with Crippen LogP contribution in [0.2, 0.25) is 0 Å². The van der Waals surface area contributed by atoms with Crippen LogP contribution in [0, 0.1) is 5.41 Å². The van der Waals surface area contributed by atoms with Gasteiger partial charge in [0.2, 0.25) is 0 Å². The molecule has 0 aromatic heterocycles. The molecule has 3 nitrogen and oxygen atoms in total. The van der Waals surface area contributed by atoms with Crippen molar-refractivity contribution >= 4 is 17.8 Å². The first-order valence-corrected chi connectivity index (χ1v) is 3.85. The summed E-state index contributed by atoms with van der Waals surface area (Å²) in [5.74, 6) is 0. The molecule has 0 spiro atoms. The van der Waals surface area contributed by atoms with Crippen molar-refractivity contribution in [2.45, 2.75) is 20.8 Å². The zero-order valence-corrected chi connectivity index (χ0v) is 7.77. The van der Waals surface area contributed by atoms with E-state index in [1.165, 1.54) is 0 Å². The number of carbonyl (C=O) groups excluding carboxylic acids is 1. The lowest BCUT2D eigenvalue weighted by atomic mass is 9.99. The van der Waals surface area contributed by atoms with E-state index in [2.05, 4.69) is 4.74 Å². The SMILES string of the molecule is CC(C)(C)COC(=O)OCCl. The van der Waals surface area contributed by atoms with E-state index >= 15 is 0 Å². The van der Waals surface area contributed by atoms with Crippen LogP contribution in [0.15, 0.2) is 0 Å². The molecule has 11 heavy (non-hydrogen) atoms. The van der Waals surface area contributed by atoms with Gasteiger partial charge >= 0.3 is 6.16 Å². The number of alkyl halides is 1. The van der Waals surface area contributed by atoms with E-state index in [9.17, 15) is 4.79 Å². The number of ether oxygens (including phenoxy) is 2. The van der Waals surface area contributed by atoms with Crippen molar-refractivity contribution in [2.24, 2.45) is 5.41 Å². The molecule has 0 heterocycles. The fourth-order valence-corrected chi connectivity index (χ4v) is 0.451. The zero-order valence-electron chi connectivity index (χ0n) is 7.02. The van der Waals surface area contributed by atoms with Crippen molar-refractivity contribution < 1.29 is 14.3 Å². The van der Waals surface area contributed by atoms with Crippen LogP contribution in [0.25, 0.3) is 0 Å². The van der Waals surface area contributed by atoms with E-state index < -0.39 is 6.16 Å². The van der Waals surface area contributed by atoms with Crippen LogP contribution in [-0.2, 0) is 9.47 Å². The number of rotatable bonds is 2. The molecule has 0 aliphatic heterocycles. The second-order valence-electron chi connectivity index (χ2n) is 3.35. The molecular formula is C7H13ClO3. The molecule has 0 fully saturated rings. The van der Waals surface area contributed by atoms with Gasteiger partial charge in [0.05, 0.1) is 6.61 Å². The predicted molar refractivity (Wildman–Crippen MR) is 42.6 cm³/mol. The van der Waals surface area contributed by atoms with Gasteiger partial charge in [-0.2, -0.15) is 0 Å². The van der Waals surface area contributed by atoms with Crippen LogP contribution in [-0.4, -0.2) is 18.8 Å². The molecule has 0 radical (unpaired) electrons. The van der Waals surface area contributed by atoms with Crippen molar-refractivity contribution in [1.29, 1.82) is 0 Å². The van der Waals surface area contributed by atoms with Gasteiger partial charge in [0.25, 0.3) is 0 Å². The summed E-state index contributed by atoms with van der Waals surface area (Å²) < 4.78 is 9.04. The van der Waals surface area contributed by atoms with Crippen LogP contribution in [0.5, 0.6) is 0 Å². The monoisotopic (exact) mass is 180 g/mol. The summed E-state index contributed by atoms with van der Waals surface area (Å²) in [5, 5.41) is 0. The van der Waals surface area contributed by atoms with E-state index in [-0.39, 0.29) is 11.5 Å². The molecule has 0 N–H and O–H groups in total. The molecule has 0 aliphatic rings. The minimum absolute atomic E-state index is 0.0364. The fourth-order valence-electron chi connectivity index (χ4n) is 0.362. The number of hydrogen-bond acceptors (Lipinski definition) is 3. The first kappa shape index (κ1) is 10.6. The molecule has 0 bridgehead atoms. The van der Waals surface area contributed by atoms with Crippen LogP contribution in [0.4, 0.5) is 4.79 Å². The largest absolute Gasteiger partial charge is 0.509 e. The van der Waals surface area contributed by atoms with E-state index in [0.717, 1.165) is 0 Å². The van der Waals surface area contributed by atoms with Gasteiger partial charge in [0.15, 0.2) is 6.07 Å². The summed E-state index contributed by atoms with van der Waals surface area (Å²) in [6.45, 7) is 6.21. The molecule has 0 amide bonds. The lowest BCUT2D eigenvalue weighted by molar-refractivity contribution is 0.0432. The molecule has 0 aromatic carbocycles. The Kier molecular flexibility index (Phi) is 4.26. The van der Waals surface area contributed by atoms with Crippen molar-refractivity contribution in [3.05, 3.63) is 0 Å². The highest BCUT2D eigenvalue weighted by Crippen LogP contribution is 2.13. The van der Waals surface area contributed by atoms with Gasteiger partial charge in [-0.15, -0.1) is 0 Å². The summed E-state index contributed by atoms with van der Waals surface area (Å²) in [5.41, 5.74) is -0.0364. The van der Waals surface area contributed by atoms with Gasteiger partial charge in [-0.25, -0.2) is 4.79 Å². The lowest BCUT2D eigenvalue weighted by Crippen LogP contribution is -2.18. The third-order valence-electron chi connectivity index (χ3n) is 0.795. The van der Waals surface area contributed by atoms with Gasteiger partial charge < -0.3 is 9.47 Å². The zero-order chi connectivity index (χ0) is 8.91. The maximum atomic E-state index is 10.6. The van der Waals surface area contributed by atoms with Crippen molar-refractivity contribution in [3.8, 4) is 0 Å². The average Bonchev–Trinajstić information content (AvgIpc) is 1.83. The topological polar surface area (TPSA) is 35.5 Å². The molecule has 0 saturated carbocycles. The van der Waals surface area contributed by atoms with Gasteiger partial charge in [-0.3, -0.25) is 0 Å². The molecular weight excluding hydrogens is 168 g/mol. The molecule has 0 rings (SSSR count). The van der Waals surface area contributed by atoms with Gasteiger partial charge in [0.1, 0.15) is 0 Å². The minimum atomic E-state index is -0.713. The lowest BCUT2D eigenvalue weighted by Gasteiger charge is -2.16. The third-order valence-corrected chi connectivity index (χ3v) is 0.905. The molecule has 66 valence electrons. The summed E-state index contributed by atoms with van der Waals surface area (Å²) in [6.07, 6.45) is -0.713. The summed E-state index contributed by atoms with van der Waals surface area (Å²) in [6, 6.07) is -0.164. The van der Waals surface area contributed by atoms with Gasteiger partial charge in [0, 0.05) is 0 Å². The molecule has 0 aliphatic carbocycles. The Morgan fingerprint density at radius 2 is 1.91 bits per heavy atom. The highest BCUT2D eigenvalue weighted by atomic mass is 35.5. The highest BCUT2D eigenvalue weighted by molar-refractivity contribution is 6.17. The van der Waals surface area contributed by atoms with Crippen LogP contribution < -0.4 is 0 Å². The average molecular weight is 181 g/mol. The predicted octanol–water partition coefficient (Wildman–Crippen LogP) is 2.38. The van der Waals surface area contributed by atoms with E-state index in [0.29, 0.717) is 6.61 Å². The first-order chi connectivity index (χ1) is 4.95. The maximum absolute atomic E-state index is 10.6. The molecule has 4 heteroatoms. The third kappa shape index (κ3) is 7.46. The Morgan fingerprint density at radius 1 is 1.36 bits per heavy atom.